The smallest absolute Gasteiger partial charge is 0.235 e. The summed E-state index contributed by atoms with van der Waals surface area (Å²) in [6.07, 6.45) is 5.52. The van der Waals surface area contributed by atoms with E-state index in [0.717, 1.165) is 49.5 Å². The minimum Gasteiger partial charge on any atom is -0.372 e. The molecule has 1 aliphatic carbocycles. The molecule has 2 aromatic carbocycles. The molecule has 1 amide bonds. The molecule has 3 nitrogen and oxygen atoms in total. The van der Waals surface area contributed by atoms with Crippen LogP contribution in [0.3, 0.4) is 0 Å². The Morgan fingerprint density at radius 2 is 1.65 bits per heavy atom. The molecule has 0 spiro atoms. The Morgan fingerprint density at radius 3 is 2.23 bits per heavy atom. The third kappa shape index (κ3) is 3.23. The van der Waals surface area contributed by atoms with E-state index >= 15 is 0 Å². The van der Waals surface area contributed by atoms with Gasteiger partial charge in [-0.1, -0.05) is 43.7 Å². The van der Waals surface area contributed by atoms with Gasteiger partial charge in [0, 0.05) is 24.5 Å². The van der Waals surface area contributed by atoms with Crippen LogP contribution in [-0.2, 0) is 10.2 Å². The summed E-state index contributed by atoms with van der Waals surface area (Å²) >= 11 is 0. The molecule has 1 saturated carbocycles. The number of nitrogens with one attached hydrogen (secondary N) is 1. The maximum atomic E-state index is 13.0. The largest absolute Gasteiger partial charge is 0.372 e. The number of carbonyl (C=O) groups is 1. The maximum Gasteiger partial charge on any atom is 0.235 e. The zero-order valence-corrected chi connectivity index (χ0v) is 15.6. The van der Waals surface area contributed by atoms with E-state index in [2.05, 4.69) is 41.4 Å². The number of anilines is 2. The lowest BCUT2D eigenvalue weighted by atomic mass is 9.64. The lowest BCUT2D eigenvalue weighted by molar-refractivity contribution is -0.124. The van der Waals surface area contributed by atoms with Gasteiger partial charge in [-0.05, 0) is 61.4 Å². The van der Waals surface area contributed by atoms with Crippen LogP contribution in [0.4, 0.5) is 11.4 Å². The zero-order chi connectivity index (χ0) is 18.0. The second-order valence-corrected chi connectivity index (χ2v) is 7.97. The Kier molecular flexibility index (Phi) is 4.71. The van der Waals surface area contributed by atoms with Gasteiger partial charge in [0.15, 0.2) is 0 Å². The Morgan fingerprint density at radius 1 is 1.00 bits per heavy atom. The topological polar surface area (TPSA) is 32.3 Å². The van der Waals surface area contributed by atoms with E-state index in [1.54, 1.807) is 0 Å². The fourth-order valence-electron chi connectivity index (χ4n) is 4.21. The lowest BCUT2D eigenvalue weighted by Crippen LogP contribution is -2.45. The summed E-state index contributed by atoms with van der Waals surface area (Å²) in [5, 5.41) is 3.16. The Bertz CT molecular complexity index is 742. The van der Waals surface area contributed by atoms with E-state index in [9.17, 15) is 4.79 Å². The molecule has 2 fully saturated rings. The zero-order valence-electron chi connectivity index (χ0n) is 15.6. The summed E-state index contributed by atoms with van der Waals surface area (Å²) in [6.45, 7) is 4.59. The second-order valence-electron chi connectivity index (χ2n) is 7.97. The van der Waals surface area contributed by atoms with Gasteiger partial charge in [0.25, 0.3) is 0 Å². The predicted octanol–water partition coefficient (Wildman–Crippen LogP) is 4.98. The van der Waals surface area contributed by atoms with E-state index in [4.69, 9.17) is 0 Å². The number of hydrogen-bond donors (Lipinski definition) is 1. The van der Waals surface area contributed by atoms with Crippen LogP contribution in [0.1, 0.15) is 44.6 Å². The van der Waals surface area contributed by atoms with Crippen molar-refractivity contribution in [2.45, 2.75) is 44.4 Å². The molecular weight excluding hydrogens is 320 g/mol. The van der Waals surface area contributed by atoms with Gasteiger partial charge in [-0.15, -0.1) is 0 Å². The molecule has 0 aromatic heterocycles. The van der Waals surface area contributed by atoms with Crippen molar-refractivity contribution >= 4 is 17.3 Å². The first-order chi connectivity index (χ1) is 12.7. The lowest BCUT2D eigenvalue weighted by Gasteiger charge is -2.40. The molecule has 4 rings (SSSR count). The van der Waals surface area contributed by atoms with Crippen LogP contribution in [0.5, 0.6) is 0 Å². The SMILES string of the molecule is CC1CCN(c2ccc(NC(=O)C3(c4ccccc4)CCC3)cc2)CC1. The molecule has 0 bridgehead atoms. The molecule has 0 radical (unpaired) electrons. The van der Waals surface area contributed by atoms with E-state index in [0.29, 0.717) is 0 Å². The van der Waals surface area contributed by atoms with Gasteiger partial charge >= 0.3 is 0 Å². The number of hydrogen-bond acceptors (Lipinski definition) is 2. The van der Waals surface area contributed by atoms with Crippen LogP contribution in [0.2, 0.25) is 0 Å². The third-order valence-corrected chi connectivity index (χ3v) is 6.24. The van der Waals surface area contributed by atoms with Crippen molar-refractivity contribution in [3.05, 3.63) is 60.2 Å². The molecule has 1 N–H and O–H groups in total. The number of rotatable bonds is 4. The summed E-state index contributed by atoms with van der Waals surface area (Å²) in [4.78, 5) is 15.5. The summed E-state index contributed by atoms with van der Waals surface area (Å²) < 4.78 is 0. The first kappa shape index (κ1) is 17.1. The highest BCUT2D eigenvalue weighted by Gasteiger charge is 2.45. The predicted molar refractivity (Wildman–Crippen MR) is 108 cm³/mol. The number of piperidine rings is 1. The highest BCUT2D eigenvalue weighted by atomic mass is 16.2. The average molecular weight is 348 g/mol. The standard InChI is InChI=1S/C23H28N2O/c1-18-12-16-25(17-13-18)21-10-8-20(9-11-21)24-22(26)23(14-5-15-23)19-6-3-2-4-7-19/h2-4,6-11,18H,5,12-17H2,1H3,(H,24,26). The Hall–Kier alpha value is -2.29. The number of nitrogens with zero attached hydrogens (tertiary/aromatic N) is 1. The fraction of sp³-hybridized carbons (Fsp3) is 0.435. The summed E-state index contributed by atoms with van der Waals surface area (Å²) in [5.41, 5.74) is 2.95. The van der Waals surface area contributed by atoms with E-state index in [-0.39, 0.29) is 11.3 Å². The molecule has 26 heavy (non-hydrogen) atoms. The van der Waals surface area contributed by atoms with Crippen molar-refractivity contribution in [1.29, 1.82) is 0 Å². The molecule has 136 valence electrons. The van der Waals surface area contributed by atoms with E-state index < -0.39 is 0 Å². The molecular formula is C23H28N2O. The molecule has 1 aliphatic heterocycles. The van der Waals surface area contributed by atoms with Crippen LogP contribution in [0.15, 0.2) is 54.6 Å². The van der Waals surface area contributed by atoms with Crippen molar-refractivity contribution in [3.8, 4) is 0 Å². The van der Waals surface area contributed by atoms with Crippen molar-refractivity contribution in [3.63, 3.8) is 0 Å². The molecule has 3 heteroatoms. The highest BCUT2D eigenvalue weighted by molar-refractivity contribution is 6.00. The van der Waals surface area contributed by atoms with Crippen molar-refractivity contribution in [2.75, 3.05) is 23.3 Å². The number of carbonyl (C=O) groups excluding carboxylic acids is 1. The van der Waals surface area contributed by atoms with E-state index in [1.165, 1.54) is 18.5 Å². The summed E-state index contributed by atoms with van der Waals surface area (Å²) in [6, 6.07) is 18.6. The monoisotopic (exact) mass is 348 g/mol. The Labute approximate surface area is 156 Å². The quantitative estimate of drug-likeness (QED) is 0.845. The minimum absolute atomic E-state index is 0.134. The third-order valence-electron chi connectivity index (χ3n) is 6.24. The second kappa shape index (κ2) is 7.14. The van der Waals surface area contributed by atoms with Gasteiger partial charge in [-0.3, -0.25) is 4.79 Å². The number of benzene rings is 2. The van der Waals surface area contributed by atoms with Crippen LogP contribution in [-0.4, -0.2) is 19.0 Å². The minimum atomic E-state index is -0.344. The Balaban J connectivity index is 1.45. The van der Waals surface area contributed by atoms with E-state index in [1.807, 2.05) is 30.3 Å². The fourth-order valence-corrected chi connectivity index (χ4v) is 4.21. The summed E-state index contributed by atoms with van der Waals surface area (Å²) in [7, 11) is 0. The van der Waals surface area contributed by atoms with Gasteiger partial charge in [0.05, 0.1) is 5.41 Å². The molecule has 2 aliphatic rings. The van der Waals surface area contributed by atoms with Gasteiger partial charge in [-0.2, -0.15) is 0 Å². The molecule has 2 aromatic rings. The number of amides is 1. The van der Waals surface area contributed by atoms with Crippen LogP contribution in [0.25, 0.3) is 0 Å². The normalized spacial score (nSPS) is 19.7. The molecule has 0 atom stereocenters. The van der Waals surface area contributed by atoms with Crippen LogP contribution < -0.4 is 10.2 Å². The van der Waals surface area contributed by atoms with Crippen molar-refractivity contribution in [1.82, 2.24) is 0 Å². The highest BCUT2D eigenvalue weighted by Crippen LogP contribution is 2.44. The van der Waals surface area contributed by atoms with Gasteiger partial charge in [-0.25, -0.2) is 0 Å². The van der Waals surface area contributed by atoms with Crippen LogP contribution in [0, 0.1) is 5.92 Å². The first-order valence-electron chi connectivity index (χ1n) is 9.89. The molecule has 1 heterocycles. The van der Waals surface area contributed by atoms with Gasteiger partial charge in [0.1, 0.15) is 0 Å². The summed E-state index contributed by atoms with van der Waals surface area (Å²) in [5.74, 6) is 0.968. The first-order valence-corrected chi connectivity index (χ1v) is 9.89. The van der Waals surface area contributed by atoms with Gasteiger partial charge < -0.3 is 10.2 Å². The molecule has 0 unspecified atom stereocenters. The van der Waals surface area contributed by atoms with Crippen molar-refractivity contribution < 1.29 is 4.79 Å². The average Bonchev–Trinajstić information content (AvgIpc) is 2.63. The molecule has 1 saturated heterocycles. The van der Waals surface area contributed by atoms with Crippen molar-refractivity contribution in [2.24, 2.45) is 5.92 Å². The van der Waals surface area contributed by atoms with Gasteiger partial charge in [0.2, 0.25) is 5.91 Å². The van der Waals surface area contributed by atoms with Crippen LogP contribution >= 0.6 is 0 Å². The maximum absolute atomic E-state index is 13.0.